The van der Waals surface area contributed by atoms with E-state index in [0.717, 1.165) is 0 Å². The summed E-state index contributed by atoms with van der Waals surface area (Å²) in [6, 6.07) is 0. The zero-order valence-corrected chi connectivity index (χ0v) is 0.894. The van der Waals surface area contributed by atoms with E-state index in [-0.39, 0.29) is 67.3 Å². The van der Waals surface area contributed by atoms with E-state index in [2.05, 4.69) is 0 Å². The summed E-state index contributed by atoms with van der Waals surface area (Å²) in [6.45, 7) is 0. The van der Waals surface area contributed by atoms with Crippen LogP contribution in [0.1, 0.15) is 0 Å². The van der Waals surface area contributed by atoms with Gasteiger partial charge in [-0.15, -0.1) is 0 Å². The van der Waals surface area contributed by atoms with Gasteiger partial charge in [0.1, 0.15) is 0 Å². The Morgan fingerprint density at radius 1 is 1.00 bits per heavy atom. The molecule has 4 heteroatoms. The van der Waals surface area contributed by atoms with Gasteiger partial charge in [0.15, 0.2) is 0 Å². The molecule has 2 nitrogen and oxygen atoms in total. The third-order valence-electron chi connectivity index (χ3n) is 0. The van der Waals surface area contributed by atoms with Crippen LogP contribution in [0.15, 0.2) is 0 Å². The topological polar surface area (TPSA) is 40.5 Å². The number of hydrogen-bond acceptors (Lipinski definition) is 2. The monoisotopic (exact) mass is 100.0 g/mol. The zero-order valence-electron chi connectivity index (χ0n) is 0.894. The second-order valence-electron chi connectivity index (χ2n) is 0. The second-order valence-corrected chi connectivity index (χ2v) is 0. The van der Waals surface area contributed by atoms with E-state index < -0.39 is 0 Å². The Labute approximate surface area is 76.4 Å². The van der Waals surface area contributed by atoms with Crippen LogP contribution in [-0.4, -0.2) is 77.8 Å². The molecule has 0 aliphatic carbocycles. The molecule has 0 bridgehead atoms. The van der Waals surface area contributed by atoms with Gasteiger partial charge in [-0.1, -0.05) is 0 Å². The van der Waals surface area contributed by atoms with E-state index in [0.29, 0.717) is 0 Å². The Morgan fingerprint density at radius 2 is 1.00 bits per heavy atom. The minimum atomic E-state index is 0. The molecule has 0 atom stereocenters. The Kier molecular flexibility index (Phi) is 78.1. The van der Waals surface area contributed by atoms with Crippen molar-refractivity contribution in [1.82, 2.24) is 0 Å². The molecule has 0 saturated heterocycles. The summed E-state index contributed by atoms with van der Waals surface area (Å²) in [4.78, 5) is 0. The summed E-state index contributed by atoms with van der Waals surface area (Å²) in [6.07, 6.45) is 0. The fourth-order valence-electron chi connectivity index (χ4n) is 0. The van der Waals surface area contributed by atoms with Crippen LogP contribution in [0.25, 0.3) is 0 Å². The number of rotatable bonds is 0. The molecule has 0 unspecified atom stereocenters. The Bertz CT molecular complexity index is 6.00. The molecule has 4 heavy (non-hydrogen) atoms. The second kappa shape index (κ2) is 19.0. The van der Waals surface area contributed by atoms with Gasteiger partial charge in [0.25, 0.3) is 0 Å². The fourth-order valence-corrected chi connectivity index (χ4v) is 0. The molecule has 0 aromatic heterocycles. The van der Waals surface area contributed by atoms with E-state index in [1.54, 1.807) is 0 Å². The quantitative estimate of drug-likeness (QED) is 0.220. The predicted octanol–water partition coefficient (Wildman–Crippen LogP) is -1.55. The van der Waals surface area contributed by atoms with Gasteiger partial charge in [-0.25, -0.2) is 0 Å². The van der Waals surface area contributed by atoms with Crippen molar-refractivity contribution in [3.63, 3.8) is 0 Å². The summed E-state index contributed by atoms with van der Waals surface area (Å²) in [5.74, 6) is 0. The zero-order chi connectivity index (χ0) is 2.00. The van der Waals surface area contributed by atoms with Gasteiger partial charge in [-0.05, 0) is 0 Å². The van der Waals surface area contributed by atoms with Crippen LogP contribution in [0.3, 0.4) is 0 Å². The van der Waals surface area contributed by atoms with Crippen LogP contribution < -0.4 is 0 Å². The maximum absolute atomic E-state index is 6.00. The van der Waals surface area contributed by atoms with Crippen LogP contribution in [0.2, 0.25) is 0 Å². The van der Waals surface area contributed by atoms with Crippen molar-refractivity contribution in [2.75, 3.05) is 0 Å². The van der Waals surface area contributed by atoms with E-state index in [9.17, 15) is 0 Å². The van der Waals surface area contributed by atoms with Gasteiger partial charge in [-0.3, -0.25) is 10.5 Å². The van der Waals surface area contributed by atoms with Crippen molar-refractivity contribution in [2.45, 2.75) is 0 Å². The Hall–Kier alpha value is 2.18. The summed E-state index contributed by atoms with van der Waals surface area (Å²) in [7, 11) is 0. The molecule has 0 aliphatic heterocycles. The normalized spacial score (nSPS) is 1.50. The first-order valence-corrected chi connectivity index (χ1v) is 0.200. The van der Waals surface area contributed by atoms with Crippen molar-refractivity contribution in [3.8, 4) is 0 Å². The Balaban J connectivity index is -0.00000000500. The maximum atomic E-state index is 6.00. The molecule has 0 rings (SSSR count). The Morgan fingerprint density at radius 3 is 1.00 bits per heavy atom. The molecular weight excluding hydrogens is 95.1 g/mol. The van der Waals surface area contributed by atoms with Crippen LogP contribution in [0, 0.1) is 0 Å². The molecule has 20 valence electrons. The van der Waals surface area contributed by atoms with Gasteiger partial charge in [-0.2, -0.15) is 0 Å². The van der Waals surface area contributed by atoms with Crippen molar-refractivity contribution in [2.24, 2.45) is 0 Å². The first-order chi connectivity index (χ1) is 1.00. The van der Waals surface area contributed by atoms with Gasteiger partial charge >= 0.3 is 67.3 Å². The van der Waals surface area contributed by atoms with E-state index >= 15 is 0 Å². The van der Waals surface area contributed by atoms with Crippen LogP contribution in [-0.2, 0) is 0 Å². The summed E-state index contributed by atoms with van der Waals surface area (Å²) >= 11 is 0. The van der Waals surface area contributed by atoms with Crippen molar-refractivity contribution < 1.29 is 10.5 Å². The average Bonchev–Trinajstić information content (AvgIpc) is 1.00. The summed E-state index contributed by atoms with van der Waals surface area (Å²) in [5.41, 5.74) is 0. The molecule has 0 spiro atoms. The van der Waals surface area contributed by atoms with E-state index in [1.807, 2.05) is 0 Å². The third kappa shape index (κ3) is 8.89. The standard InChI is InChI=1S/Ca.Na.H2O2.3H/c;;1-2;;;/h;;1-2H;;;. The third-order valence-corrected chi connectivity index (χ3v) is 0. The van der Waals surface area contributed by atoms with Gasteiger partial charge in [0.05, 0.1) is 0 Å². The van der Waals surface area contributed by atoms with Gasteiger partial charge in [0.2, 0.25) is 0 Å². The average molecular weight is 100 g/mol. The SMILES string of the molecule is OO.[CaH2].[NaH]. The predicted molar refractivity (Wildman–Crippen MR) is 21.0 cm³/mol. The van der Waals surface area contributed by atoms with Crippen LogP contribution in [0.5, 0.6) is 0 Å². The minimum absolute atomic E-state index is 0. The van der Waals surface area contributed by atoms with Crippen molar-refractivity contribution in [3.05, 3.63) is 0 Å². The first kappa shape index (κ1) is 16.4. The fraction of sp³-hybridized carbons (Fsp3) is 0. The molecule has 0 saturated carbocycles. The molecule has 0 heterocycles. The van der Waals surface area contributed by atoms with Gasteiger partial charge in [0, 0.05) is 0 Å². The molecule has 0 amide bonds. The van der Waals surface area contributed by atoms with Crippen molar-refractivity contribution >= 4 is 67.3 Å². The number of hydrogen-bond donors (Lipinski definition) is 2. The van der Waals surface area contributed by atoms with E-state index in [1.165, 1.54) is 0 Å². The van der Waals surface area contributed by atoms with Crippen LogP contribution in [0.4, 0.5) is 0 Å². The molecule has 2 N–H and O–H groups in total. The summed E-state index contributed by atoms with van der Waals surface area (Å²) in [5, 5.41) is 12.0. The van der Waals surface area contributed by atoms with Crippen molar-refractivity contribution in [1.29, 1.82) is 0 Å². The van der Waals surface area contributed by atoms with Gasteiger partial charge < -0.3 is 0 Å². The summed E-state index contributed by atoms with van der Waals surface area (Å²) < 4.78 is 0. The molecule has 0 aliphatic rings. The molecule has 0 fully saturated rings. The molecule has 0 radical (unpaired) electrons. The molecule has 0 aromatic rings. The molecular formula is H5CaNaO2. The van der Waals surface area contributed by atoms with Crippen LogP contribution >= 0.6 is 0 Å². The first-order valence-electron chi connectivity index (χ1n) is 0.200. The molecule has 0 aromatic carbocycles. The van der Waals surface area contributed by atoms with E-state index in [4.69, 9.17) is 10.5 Å².